The molecular weight excluding hydrogens is 230 g/mol. The van der Waals surface area contributed by atoms with Crippen molar-refractivity contribution in [3.8, 4) is 0 Å². The zero-order valence-electron chi connectivity index (χ0n) is 11.8. The van der Waals surface area contributed by atoms with Crippen molar-refractivity contribution in [3.05, 3.63) is 0 Å². The average molecular weight is 257 g/mol. The van der Waals surface area contributed by atoms with Crippen LogP contribution in [0.3, 0.4) is 0 Å². The number of likely N-dealkylation sites (N-methyl/N-ethyl adjacent to an activating group) is 1. The van der Waals surface area contributed by atoms with E-state index >= 15 is 0 Å². The molecule has 0 aliphatic carbocycles. The number of nitrogens with one attached hydrogen (secondary N) is 2. The molecule has 3 N–H and O–H groups in total. The van der Waals surface area contributed by atoms with E-state index in [1.165, 1.54) is 0 Å². The summed E-state index contributed by atoms with van der Waals surface area (Å²) in [4.78, 5) is 13.5. The summed E-state index contributed by atoms with van der Waals surface area (Å²) in [6.45, 7) is 7.37. The van der Waals surface area contributed by atoms with Crippen molar-refractivity contribution in [1.29, 1.82) is 0 Å². The number of nitrogens with zero attached hydrogens (tertiary/aromatic N) is 1. The molecule has 0 aromatic heterocycles. The molecule has 1 atom stereocenters. The molecule has 1 unspecified atom stereocenters. The first-order valence-electron chi connectivity index (χ1n) is 6.80. The highest BCUT2D eigenvalue weighted by Gasteiger charge is 2.32. The summed E-state index contributed by atoms with van der Waals surface area (Å²) in [5, 5.41) is 16.2. The Bertz CT molecular complexity index is 263. The van der Waals surface area contributed by atoms with Crippen molar-refractivity contribution in [3.63, 3.8) is 0 Å². The van der Waals surface area contributed by atoms with Gasteiger partial charge in [-0.25, -0.2) is 0 Å². The number of β-amino-alcohol motifs (C(OH)–C–C–N with tert-alkyl or cyclic N) is 1. The molecule has 1 aliphatic rings. The lowest BCUT2D eigenvalue weighted by atomic mass is 10.0. The van der Waals surface area contributed by atoms with Gasteiger partial charge in [-0.3, -0.25) is 9.69 Å². The number of hydrogen-bond donors (Lipinski definition) is 3. The quantitative estimate of drug-likeness (QED) is 0.591. The van der Waals surface area contributed by atoms with E-state index in [9.17, 15) is 9.90 Å². The van der Waals surface area contributed by atoms with Gasteiger partial charge in [0.05, 0.1) is 12.1 Å². The van der Waals surface area contributed by atoms with Crippen molar-refractivity contribution in [1.82, 2.24) is 15.5 Å². The Morgan fingerprint density at radius 1 is 1.56 bits per heavy atom. The van der Waals surface area contributed by atoms with Gasteiger partial charge in [0.1, 0.15) is 0 Å². The molecule has 1 fully saturated rings. The molecule has 106 valence electrons. The molecule has 5 heteroatoms. The molecule has 0 aromatic rings. The maximum absolute atomic E-state index is 11.7. The maximum Gasteiger partial charge on any atom is 0.234 e. The summed E-state index contributed by atoms with van der Waals surface area (Å²) in [6, 6.07) is 0. The summed E-state index contributed by atoms with van der Waals surface area (Å²) in [7, 11) is 1.87. The van der Waals surface area contributed by atoms with Crippen LogP contribution in [0.15, 0.2) is 0 Å². The molecule has 1 amide bonds. The highest BCUT2D eigenvalue weighted by molar-refractivity contribution is 5.77. The largest absolute Gasteiger partial charge is 0.387 e. The van der Waals surface area contributed by atoms with E-state index in [0.717, 1.165) is 25.9 Å². The average Bonchev–Trinajstić information content (AvgIpc) is 2.63. The SMILES string of the molecule is CC(C)CCNC(=O)CN(C)CC1(O)CCNC1. The standard InChI is InChI=1S/C13H27N3O2/c1-11(2)4-6-15-12(17)8-16(3)10-13(18)5-7-14-9-13/h11,14,18H,4-10H2,1-3H3,(H,15,17). The Morgan fingerprint density at radius 3 is 2.83 bits per heavy atom. The monoisotopic (exact) mass is 257 g/mol. The van der Waals surface area contributed by atoms with Crippen LogP contribution in [0.5, 0.6) is 0 Å². The van der Waals surface area contributed by atoms with Crippen LogP contribution in [0.1, 0.15) is 26.7 Å². The topological polar surface area (TPSA) is 64.6 Å². The maximum atomic E-state index is 11.7. The van der Waals surface area contributed by atoms with Gasteiger partial charge < -0.3 is 15.7 Å². The van der Waals surface area contributed by atoms with Gasteiger partial charge in [0.2, 0.25) is 5.91 Å². The smallest absolute Gasteiger partial charge is 0.234 e. The minimum atomic E-state index is -0.674. The van der Waals surface area contributed by atoms with E-state index in [4.69, 9.17) is 0 Å². The van der Waals surface area contributed by atoms with Gasteiger partial charge in [-0.2, -0.15) is 0 Å². The van der Waals surface area contributed by atoms with Gasteiger partial charge in [-0.15, -0.1) is 0 Å². The Balaban J connectivity index is 2.18. The summed E-state index contributed by atoms with van der Waals surface area (Å²) in [5.41, 5.74) is -0.674. The highest BCUT2D eigenvalue weighted by atomic mass is 16.3. The van der Waals surface area contributed by atoms with Crippen LogP contribution in [0, 0.1) is 5.92 Å². The van der Waals surface area contributed by atoms with E-state index in [1.54, 1.807) is 0 Å². The van der Waals surface area contributed by atoms with Crippen molar-refractivity contribution in [2.75, 3.05) is 39.8 Å². The van der Waals surface area contributed by atoms with Crippen LogP contribution in [0.4, 0.5) is 0 Å². The molecule has 0 radical (unpaired) electrons. The third kappa shape index (κ3) is 5.80. The van der Waals surface area contributed by atoms with Crippen molar-refractivity contribution < 1.29 is 9.90 Å². The lowest BCUT2D eigenvalue weighted by Gasteiger charge is -2.27. The molecule has 0 spiro atoms. The molecule has 1 saturated heterocycles. The molecule has 1 heterocycles. The van der Waals surface area contributed by atoms with Crippen LogP contribution >= 0.6 is 0 Å². The Labute approximate surface area is 110 Å². The van der Waals surface area contributed by atoms with Gasteiger partial charge in [-0.1, -0.05) is 13.8 Å². The zero-order chi connectivity index (χ0) is 13.6. The zero-order valence-corrected chi connectivity index (χ0v) is 11.8. The van der Waals surface area contributed by atoms with E-state index in [1.807, 2.05) is 11.9 Å². The number of amides is 1. The summed E-state index contributed by atoms with van der Waals surface area (Å²) in [6.07, 6.45) is 1.76. The number of rotatable bonds is 7. The number of aliphatic hydroxyl groups is 1. The number of carbonyl (C=O) groups excluding carboxylic acids is 1. The summed E-state index contributed by atoms with van der Waals surface area (Å²) < 4.78 is 0. The summed E-state index contributed by atoms with van der Waals surface area (Å²) >= 11 is 0. The molecule has 18 heavy (non-hydrogen) atoms. The predicted molar refractivity (Wildman–Crippen MR) is 72.4 cm³/mol. The molecule has 5 nitrogen and oxygen atoms in total. The van der Waals surface area contributed by atoms with Crippen LogP contribution in [-0.2, 0) is 4.79 Å². The second-order valence-corrected chi connectivity index (χ2v) is 5.86. The van der Waals surface area contributed by atoms with E-state index in [-0.39, 0.29) is 5.91 Å². The Hall–Kier alpha value is -0.650. The third-order valence-electron chi connectivity index (χ3n) is 3.24. The molecule has 0 saturated carbocycles. The first kappa shape index (κ1) is 15.4. The number of hydrogen-bond acceptors (Lipinski definition) is 4. The predicted octanol–water partition coefficient (Wildman–Crippen LogP) is -0.195. The van der Waals surface area contributed by atoms with Gasteiger partial charge in [0.15, 0.2) is 0 Å². The first-order chi connectivity index (χ1) is 8.41. The molecule has 1 aliphatic heterocycles. The normalized spacial score (nSPS) is 23.9. The molecule has 0 bridgehead atoms. The first-order valence-corrected chi connectivity index (χ1v) is 6.80. The van der Waals surface area contributed by atoms with E-state index in [2.05, 4.69) is 24.5 Å². The van der Waals surface area contributed by atoms with E-state index in [0.29, 0.717) is 25.6 Å². The lowest BCUT2D eigenvalue weighted by Crippen LogP contribution is -2.46. The van der Waals surface area contributed by atoms with Gasteiger partial charge >= 0.3 is 0 Å². The van der Waals surface area contributed by atoms with E-state index < -0.39 is 5.60 Å². The molecule has 1 rings (SSSR count). The molecule has 0 aromatic carbocycles. The van der Waals surface area contributed by atoms with Crippen LogP contribution < -0.4 is 10.6 Å². The lowest BCUT2D eigenvalue weighted by molar-refractivity contribution is -0.122. The van der Waals surface area contributed by atoms with Gasteiger partial charge in [0.25, 0.3) is 0 Å². The second-order valence-electron chi connectivity index (χ2n) is 5.86. The van der Waals surface area contributed by atoms with Crippen LogP contribution in [0.25, 0.3) is 0 Å². The van der Waals surface area contributed by atoms with Crippen LogP contribution in [0.2, 0.25) is 0 Å². The van der Waals surface area contributed by atoms with Crippen molar-refractivity contribution in [2.45, 2.75) is 32.3 Å². The number of carbonyl (C=O) groups is 1. The minimum absolute atomic E-state index is 0.0349. The highest BCUT2D eigenvalue weighted by Crippen LogP contribution is 2.14. The fraction of sp³-hybridized carbons (Fsp3) is 0.923. The summed E-state index contributed by atoms with van der Waals surface area (Å²) in [5.74, 6) is 0.640. The molecular formula is C13H27N3O2. The van der Waals surface area contributed by atoms with Gasteiger partial charge in [0, 0.05) is 19.6 Å². The van der Waals surface area contributed by atoms with Gasteiger partial charge in [-0.05, 0) is 32.4 Å². The fourth-order valence-electron chi connectivity index (χ4n) is 2.23. The third-order valence-corrected chi connectivity index (χ3v) is 3.24. The minimum Gasteiger partial charge on any atom is -0.387 e. The Kier molecular flexibility index (Phi) is 6.05. The van der Waals surface area contributed by atoms with Crippen LogP contribution in [-0.4, -0.2) is 61.3 Å². The Morgan fingerprint density at radius 2 is 2.28 bits per heavy atom. The van der Waals surface area contributed by atoms with Crippen molar-refractivity contribution in [2.24, 2.45) is 5.92 Å². The van der Waals surface area contributed by atoms with Crippen molar-refractivity contribution >= 4 is 5.91 Å². The fourth-order valence-corrected chi connectivity index (χ4v) is 2.23. The second kappa shape index (κ2) is 7.07.